The summed E-state index contributed by atoms with van der Waals surface area (Å²) in [4.78, 5) is 16.2. The summed E-state index contributed by atoms with van der Waals surface area (Å²) in [5, 5.41) is 2.92. The molecular weight excluding hydrogens is 214 g/mol. The summed E-state index contributed by atoms with van der Waals surface area (Å²) in [6.07, 6.45) is 0. The number of hydrogen-bond acceptors (Lipinski definition) is 2. The monoisotopic (exact) mass is 233 g/mol. The minimum absolute atomic E-state index is 0.00356. The standard InChI is InChI=1S/C13H19N3O/c1-11-10-16(9-8-15(11)2)13(17)14-12-6-4-3-5-7-12/h3-7,11H,8-10H2,1-2H3,(H,14,17). The quantitative estimate of drug-likeness (QED) is 0.803. The summed E-state index contributed by atoms with van der Waals surface area (Å²) in [7, 11) is 2.09. The Labute approximate surface area is 102 Å². The van der Waals surface area contributed by atoms with Crippen LogP contribution in [0.2, 0.25) is 0 Å². The maximum absolute atomic E-state index is 12.0. The van der Waals surface area contributed by atoms with Crippen LogP contribution in [0.4, 0.5) is 10.5 Å². The number of nitrogens with one attached hydrogen (secondary N) is 1. The number of piperazine rings is 1. The molecule has 0 aromatic heterocycles. The lowest BCUT2D eigenvalue weighted by Gasteiger charge is -2.37. The van der Waals surface area contributed by atoms with E-state index in [1.165, 1.54) is 0 Å². The minimum Gasteiger partial charge on any atom is -0.322 e. The van der Waals surface area contributed by atoms with Crippen molar-refractivity contribution in [2.24, 2.45) is 0 Å². The largest absolute Gasteiger partial charge is 0.322 e. The molecule has 0 radical (unpaired) electrons. The number of carbonyl (C=O) groups is 1. The predicted molar refractivity (Wildman–Crippen MR) is 69.1 cm³/mol. The van der Waals surface area contributed by atoms with Crippen LogP contribution in [0.5, 0.6) is 0 Å². The lowest BCUT2D eigenvalue weighted by Crippen LogP contribution is -2.53. The molecule has 1 aromatic carbocycles. The number of nitrogens with zero attached hydrogens (tertiary/aromatic N) is 2. The average molecular weight is 233 g/mol. The van der Waals surface area contributed by atoms with E-state index in [0.29, 0.717) is 6.04 Å². The smallest absolute Gasteiger partial charge is 0.321 e. The first kappa shape index (κ1) is 11.9. The third kappa shape index (κ3) is 2.97. The van der Waals surface area contributed by atoms with E-state index in [1.807, 2.05) is 35.2 Å². The van der Waals surface area contributed by atoms with Crippen LogP contribution < -0.4 is 5.32 Å². The van der Waals surface area contributed by atoms with Crippen LogP contribution in [-0.2, 0) is 0 Å². The molecule has 2 amide bonds. The fraction of sp³-hybridized carbons (Fsp3) is 0.462. The summed E-state index contributed by atoms with van der Waals surface area (Å²) in [6, 6.07) is 9.99. The van der Waals surface area contributed by atoms with Gasteiger partial charge in [0.05, 0.1) is 0 Å². The van der Waals surface area contributed by atoms with Crippen LogP contribution in [0.1, 0.15) is 6.92 Å². The summed E-state index contributed by atoms with van der Waals surface area (Å²) in [5.74, 6) is 0. The molecule has 1 unspecified atom stereocenters. The zero-order valence-electron chi connectivity index (χ0n) is 10.4. The van der Waals surface area contributed by atoms with Crippen molar-refractivity contribution in [3.63, 3.8) is 0 Å². The van der Waals surface area contributed by atoms with E-state index in [-0.39, 0.29) is 6.03 Å². The molecule has 2 rings (SSSR count). The molecule has 0 aliphatic carbocycles. The van der Waals surface area contributed by atoms with E-state index in [9.17, 15) is 4.79 Å². The molecule has 1 aliphatic heterocycles. The number of urea groups is 1. The first-order valence-electron chi connectivity index (χ1n) is 5.98. The lowest BCUT2D eigenvalue weighted by molar-refractivity contribution is 0.125. The van der Waals surface area contributed by atoms with Crippen LogP contribution >= 0.6 is 0 Å². The second-order valence-corrected chi connectivity index (χ2v) is 4.57. The fourth-order valence-electron chi connectivity index (χ4n) is 1.96. The van der Waals surface area contributed by atoms with Crippen molar-refractivity contribution in [3.8, 4) is 0 Å². The highest BCUT2D eigenvalue weighted by Gasteiger charge is 2.24. The number of anilines is 1. The van der Waals surface area contributed by atoms with E-state index in [1.54, 1.807) is 0 Å². The molecule has 0 saturated carbocycles. The molecule has 1 aromatic rings. The number of likely N-dealkylation sites (N-methyl/N-ethyl adjacent to an activating group) is 1. The average Bonchev–Trinajstić information content (AvgIpc) is 2.34. The summed E-state index contributed by atoms with van der Waals surface area (Å²) in [6.45, 7) is 4.65. The number of amides is 2. The maximum Gasteiger partial charge on any atom is 0.321 e. The van der Waals surface area contributed by atoms with Gasteiger partial charge in [-0.25, -0.2) is 4.79 Å². The Kier molecular flexibility index (Phi) is 3.64. The van der Waals surface area contributed by atoms with Crippen molar-refractivity contribution in [2.75, 3.05) is 32.0 Å². The van der Waals surface area contributed by atoms with Crippen molar-refractivity contribution in [2.45, 2.75) is 13.0 Å². The highest BCUT2D eigenvalue weighted by molar-refractivity contribution is 5.89. The number of para-hydroxylation sites is 1. The van der Waals surface area contributed by atoms with E-state index in [2.05, 4.69) is 24.2 Å². The molecule has 4 nitrogen and oxygen atoms in total. The molecule has 0 bridgehead atoms. The molecule has 1 fully saturated rings. The van der Waals surface area contributed by atoms with Crippen molar-refractivity contribution < 1.29 is 4.79 Å². The first-order valence-corrected chi connectivity index (χ1v) is 5.98. The van der Waals surface area contributed by atoms with E-state index in [0.717, 1.165) is 25.3 Å². The van der Waals surface area contributed by atoms with Gasteiger partial charge >= 0.3 is 6.03 Å². The van der Waals surface area contributed by atoms with Gasteiger partial charge in [-0.2, -0.15) is 0 Å². The predicted octanol–water partition coefficient (Wildman–Crippen LogP) is 1.85. The number of hydrogen-bond donors (Lipinski definition) is 1. The van der Waals surface area contributed by atoms with Crippen LogP contribution in [0.15, 0.2) is 30.3 Å². The van der Waals surface area contributed by atoms with E-state index < -0.39 is 0 Å². The summed E-state index contributed by atoms with van der Waals surface area (Å²) >= 11 is 0. The van der Waals surface area contributed by atoms with Gasteiger partial charge in [-0.3, -0.25) is 0 Å². The Morgan fingerprint density at radius 2 is 2.00 bits per heavy atom. The highest BCUT2D eigenvalue weighted by Crippen LogP contribution is 2.10. The maximum atomic E-state index is 12.0. The van der Waals surface area contributed by atoms with Gasteiger partial charge in [-0.15, -0.1) is 0 Å². The number of benzene rings is 1. The van der Waals surface area contributed by atoms with Crippen molar-refractivity contribution in [1.29, 1.82) is 0 Å². The molecule has 1 saturated heterocycles. The Hall–Kier alpha value is -1.55. The Balaban J connectivity index is 1.93. The van der Waals surface area contributed by atoms with E-state index in [4.69, 9.17) is 0 Å². The summed E-state index contributed by atoms with van der Waals surface area (Å²) < 4.78 is 0. The van der Waals surface area contributed by atoms with Gasteiger partial charge in [0.1, 0.15) is 0 Å². The molecule has 1 heterocycles. The van der Waals surface area contributed by atoms with Gasteiger partial charge in [-0.05, 0) is 26.1 Å². The number of rotatable bonds is 1. The lowest BCUT2D eigenvalue weighted by atomic mass is 10.2. The second kappa shape index (κ2) is 5.19. The zero-order valence-corrected chi connectivity index (χ0v) is 10.4. The van der Waals surface area contributed by atoms with Gasteiger partial charge in [0.2, 0.25) is 0 Å². The van der Waals surface area contributed by atoms with Crippen LogP contribution in [0, 0.1) is 0 Å². The van der Waals surface area contributed by atoms with Crippen LogP contribution in [0.25, 0.3) is 0 Å². The normalized spacial score (nSPS) is 21.3. The Morgan fingerprint density at radius 1 is 1.29 bits per heavy atom. The molecule has 17 heavy (non-hydrogen) atoms. The Morgan fingerprint density at radius 3 is 2.65 bits per heavy atom. The number of carbonyl (C=O) groups excluding carboxylic acids is 1. The van der Waals surface area contributed by atoms with Crippen molar-refractivity contribution in [3.05, 3.63) is 30.3 Å². The first-order chi connectivity index (χ1) is 8.16. The fourth-order valence-corrected chi connectivity index (χ4v) is 1.96. The molecule has 4 heteroatoms. The molecule has 92 valence electrons. The van der Waals surface area contributed by atoms with Gasteiger partial charge < -0.3 is 15.1 Å². The van der Waals surface area contributed by atoms with Gasteiger partial charge in [0.25, 0.3) is 0 Å². The molecule has 1 aliphatic rings. The van der Waals surface area contributed by atoms with Crippen LogP contribution in [-0.4, -0.2) is 48.6 Å². The van der Waals surface area contributed by atoms with Crippen LogP contribution in [0.3, 0.4) is 0 Å². The van der Waals surface area contributed by atoms with Crippen molar-refractivity contribution in [1.82, 2.24) is 9.80 Å². The minimum atomic E-state index is -0.00356. The molecule has 0 spiro atoms. The molecule has 1 N–H and O–H groups in total. The van der Waals surface area contributed by atoms with Gasteiger partial charge in [-0.1, -0.05) is 18.2 Å². The SMILES string of the molecule is CC1CN(C(=O)Nc2ccccc2)CCN1C. The topological polar surface area (TPSA) is 35.6 Å². The van der Waals surface area contributed by atoms with Crippen molar-refractivity contribution >= 4 is 11.7 Å². The third-order valence-electron chi connectivity index (χ3n) is 3.27. The van der Waals surface area contributed by atoms with Gasteiger partial charge in [0.15, 0.2) is 0 Å². The molecule has 1 atom stereocenters. The summed E-state index contributed by atoms with van der Waals surface area (Å²) in [5.41, 5.74) is 0.851. The van der Waals surface area contributed by atoms with E-state index >= 15 is 0 Å². The molecular formula is C13H19N3O. The zero-order chi connectivity index (χ0) is 12.3. The van der Waals surface area contributed by atoms with Gasteiger partial charge in [0, 0.05) is 31.4 Å². The highest BCUT2D eigenvalue weighted by atomic mass is 16.2. The second-order valence-electron chi connectivity index (χ2n) is 4.57. The Bertz CT molecular complexity index is 380. The third-order valence-corrected chi connectivity index (χ3v) is 3.27.